The van der Waals surface area contributed by atoms with Crippen LogP contribution in [0, 0.1) is 19.8 Å². The Balaban J connectivity index is 1.81. The molecule has 0 saturated carbocycles. The van der Waals surface area contributed by atoms with Gasteiger partial charge in [0, 0.05) is 25.6 Å². The second-order valence-corrected chi connectivity index (χ2v) is 6.42. The van der Waals surface area contributed by atoms with Crippen LogP contribution in [0.2, 0.25) is 0 Å². The molecule has 2 atom stereocenters. The first-order valence-corrected chi connectivity index (χ1v) is 7.84. The van der Waals surface area contributed by atoms with Gasteiger partial charge in [0.2, 0.25) is 0 Å². The average Bonchev–Trinajstić information content (AvgIpc) is 2.60. The Kier molecular flexibility index (Phi) is 4.41. The van der Waals surface area contributed by atoms with Crippen LogP contribution in [0.1, 0.15) is 21.9 Å². The smallest absolute Gasteiger partial charge is 0.317 e. The van der Waals surface area contributed by atoms with E-state index in [0.717, 1.165) is 5.76 Å². The summed E-state index contributed by atoms with van der Waals surface area (Å²) >= 11 is 0. The van der Waals surface area contributed by atoms with E-state index in [1.165, 1.54) is 0 Å². The number of aryl methyl sites for hydroxylation is 2. The number of ether oxygens (including phenoxy) is 1. The number of nitrogens with zero attached hydrogens (tertiary/aromatic N) is 2. The van der Waals surface area contributed by atoms with Crippen molar-refractivity contribution >= 4 is 11.9 Å². The minimum absolute atomic E-state index is 0.0175. The summed E-state index contributed by atoms with van der Waals surface area (Å²) in [5.74, 6) is 0.571. The molecule has 0 radical (unpaired) electrons. The van der Waals surface area contributed by atoms with Gasteiger partial charge < -0.3 is 19.2 Å². The second-order valence-electron chi connectivity index (χ2n) is 6.42. The molecule has 2 fully saturated rings. The predicted octanol–water partition coefficient (Wildman–Crippen LogP) is 0.754. The highest BCUT2D eigenvalue weighted by atomic mass is 16.5. The molecular weight excluding hydrogens is 300 g/mol. The molecule has 0 aliphatic carbocycles. The fraction of sp³-hybridized carbons (Fsp3) is 0.625. The minimum Gasteiger partial charge on any atom is -0.480 e. The maximum atomic E-state index is 12.8. The number of rotatable bonds is 3. The Morgan fingerprint density at radius 1 is 1.26 bits per heavy atom. The van der Waals surface area contributed by atoms with Gasteiger partial charge in [-0.1, -0.05) is 0 Å². The summed E-state index contributed by atoms with van der Waals surface area (Å²) in [6.07, 6.45) is 0. The van der Waals surface area contributed by atoms with Crippen molar-refractivity contribution in [1.29, 1.82) is 0 Å². The monoisotopic (exact) mass is 322 g/mol. The number of fused-ring (bicyclic) bond motifs is 3. The van der Waals surface area contributed by atoms with Gasteiger partial charge in [0.25, 0.3) is 5.91 Å². The highest BCUT2D eigenvalue weighted by Crippen LogP contribution is 2.23. The fourth-order valence-corrected chi connectivity index (χ4v) is 3.48. The van der Waals surface area contributed by atoms with Gasteiger partial charge in [-0.15, -0.1) is 0 Å². The number of hydrogen-bond donors (Lipinski definition) is 1. The lowest BCUT2D eigenvalue weighted by Crippen LogP contribution is -2.47. The van der Waals surface area contributed by atoms with Gasteiger partial charge in [0.05, 0.1) is 31.4 Å². The Morgan fingerprint density at radius 3 is 2.70 bits per heavy atom. The SMILES string of the molecule is Cc1cc(C(=O)N2C[C@@H]3COC[C@H](C2)N(CC(=O)O)C3)c(C)o1. The van der Waals surface area contributed by atoms with Crippen LogP contribution >= 0.6 is 0 Å². The first-order chi connectivity index (χ1) is 10.9. The van der Waals surface area contributed by atoms with Crippen LogP contribution in [0.5, 0.6) is 0 Å². The van der Waals surface area contributed by atoms with Crippen molar-refractivity contribution in [2.75, 3.05) is 39.4 Å². The largest absolute Gasteiger partial charge is 0.480 e. The molecule has 0 unspecified atom stereocenters. The predicted molar refractivity (Wildman–Crippen MR) is 81.4 cm³/mol. The molecular formula is C16H22N2O5. The maximum Gasteiger partial charge on any atom is 0.317 e. The first-order valence-electron chi connectivity index (χ1n) is 7.84. The van der Waals surface area contributed by atoms with Crippen molar-refractivity contribution in [2.24, 2.45) is 5.92 Å². The van der Waals surface area contributed by atoms with Gasteiger partial charge in [-0.3, -0.25) is 14.5 Å². The van der Waals surface area contributed by atoms with Gasteiger partial charge >= 0.3 is 5.97 Å². The van der Waals surface area contributed by atoms with E-state index >= 15 is 0 Å². The molecule has 2 bridgehead atoms. The third-order valence-electron chi connectivity index (χ3n) is 4.48. The van der Waals surface area contributed by atoms with Crippen LogP contribution in [-0.4, -0.2) is 72.2 Å². The zero-order chi connectivity index (χ0) is 16.6. The highest BCUT2D eigenvalue weighted by Gasteiger charge is 2.36. The fourth-order valence-electron chi connectivity index (χ4n) is 3.48. The van der Waals surface area contributed by atoms with Crippen molar-refractivity contribution in [2.45, 2.75) is 19.9 Å². The number of carbonyl (C=O) groups is 2. The van der Waals surface area contributed by atoms with Crippen molar-refractivity contribution in [3.8, 4) is 0 Å². The summed E-state index contributed by atoms with van der Waals surface area (Å²) in [5.41, 5.74) is 0.591. The number of aliphatic carboxylic acids is 1. The Hall–Kier alpha value is -1.86. The summed E-state index contributed by atoms with van der Waals surface area (Å²) in [4.78, 5) is 27.6. The standard InChI is InChI=1S/C16H22N2O5/c1-10-3-14(11(2)23-10)16(21)18-5-12-4-17(7-15(19)20)13(6-18)9-22-8-12/h3,12-13H,4-9H2,1-2H3,(H,19,20)/t12-,13+/m1/s1. The molecule has 1 N–H and O–H groups in total. The molecule has 2 aliphatic rings. The van der Waals surface area contributed by atoms with Crippen LogP contribution in [0.3, 0.4) is 0 Å². The zero-order valence-corrected chi connectivity index (χ0v) is 13.4. The molecule has 3 heterocycles. The van der Waals surface area contributed by atoms with Crippen molar-refractivity contribution in [3.05, 3.63) is 23.2 Å². The summed E-state index contributed by atoms with van der Waals surface area (Å²) in [7, 11) is 0. The minimum atomic E-state index is -0.850. The van der Waals surface area contributed by atoms with Crippen molar-refractivity contribution in [3.63, 3.8) is 0 Å². The highest BCUT2D eigenvalue weighted by molar-refractivity contribution is 5.95. The average molecular weight is 322 g/mol. The van der Waals surface area contributed by atoms with Crippen molar-refractivity contribution < 1.29 is 23.8 Å². The molecule has 1 aromatic rings. The number of amides is 1. The Morgan fingerprint density at radius 2 is 2.04 bits per heavy atom. The summed E-state index contributed by atoms with van der Waals surface area (Å²) in [6, 6.07) is 1.68. The molecule has 3 rings (SSSR count). The van der Waals surface area contributed by atoms with Crippen LogP contribution in [0.4, 0.5) is 0 Å². The Bertz CT molecular complexity index is 612. The molecule has 1 aromatic heterocycles. The van der Waals surface area contributed by atoms with Gasteiger partial charge in [-0.25, -0.2) is 0 Å². The molecule has 1 amide bonds. The lowest BCUT2D eigenvalue weighted by atomic mass is 10.1. The third-order valence-corrected chi connectivity index (χ3v) is 4.48. The third kappa shape index (κ3) is 3.40. The number of carbonyl (C=O) groups excluding carboxylic acids is 1. The quantitative estimate of drug-likeness (QED) is 0.884. The molecule has 0 spiro atoms. The lowest BCUT2D eigenvalue weighted by molar-refractivity contribution is -0.139. The van der Waals surface area contributed by atoms with E-state index in [1.54, 1.807) is 13.0 Å². The molecule has 23 heavy (non-hydrogen) atoms. The molecule has 0 aromatic carbocycles. The van der Waals surface area contributed by atoms with E-state index in [0.29, 0.717) is 44.2 Å². The molecule has 2 saturated heterocycles. The van der Waals surface area contributed by atoms with Crippen LogP contribution in [-0.2, 0) is 9.53 Å². The van der Waals surface area contributed by atoms with E-state index in [4.69, 9.17) is 14.3 Å². The van der Waals surface area contributed by atoms with Crippen LogP contribution in [0.25, 0.3) is 0 Å². The number of carboxylic acids is 1. The lowest BCUT2D eigenvalue weighted by Gasteiger charge is -2.30. The topological polar surface area (TPSA) is 83.2 Å². The van der Waals surface area contributed by atoms with Gasteiger partial charge in [0.1, 0.15) is 11.5 Å². The normalized spacial score (nSPS) is 25.2. The summed E-state index contributed by atoms with van der Waals surface area (Å²) in [6.45, 7) is 6.31. The number of furan rings is 1. The zero-order valence-electron chi connectivity index (χ0n) is 13.4. The number of hydrogen-bond acceptors (Lipinski definition) is 5. The van der Waals surface area contributed by atoms with Gasteiger partial charge in [0.15, 0.2) is 0 Å². The van der Waals surface area contributed by atoms with Gasteiger partial charge in [-0.2, -0.15) is 0 Å². The van der Waals surface area contributed by atoms with Crippen LogP contribution < -0.4 is 0 Å². The molecule has 7 nitrogen and oxygen atoms in total. The maximum absolute atomic E-state index is 12.8. The van der Waals surface area contributed by atoms with E-state index in [9.17, 15) is 9.59 Å². The number of carboxylic acid groups (broad SMARTS) is 1. The van der Waals surface area contributed by atoms with E-state index < -0.39 is 5.97 Å². The second kappa shape index (κ2) is 6.33. The summed E-state index contributed by atoms with van der Waals surface area (Å²) in [5, 5.41) is 9.09. The Labute approximate surface area is 134 Å². The summed E-state index contributed by atoms with van der Waals surface area (Å²) < 4.78 is 11.1. The molecule has 2 aliphatic heterocycles. The van der Waals surface area contributed by atoms with Gasteiger partial charge in [-0.05, 0) is 19.9 Å². The van der Waals surface area contributed by atoms with Crippen LogP contribution in [0.15, 0.2) is 10.5 Å². The molecule has 126 valence electrons. The molecule has 7 heteroatoms. The van der Waals surface area contributed by atoms with E-state index in [2.05, 4.69) is 0 Å². The van der Waals surface area contributed by atoms with E-state index in [1.807, 2.05) is 16.7 Å². The van der Waals surface area contributed by atoms with E-state index in [-0.39, 0.29) is 24.4 Å². The van der Waals surface area contributed by atoms with Crippen molar-refractivity contribution in [1.82, 2.24) is 9.80 Å². The first kappa shape index (κ1) is 16.0.